The van der Waals surface area contributed by atoms with Crippen molar-refractivity contribution in [1.29, 1.82) is 0 Å². The van der Waals surface area contributed by atoms with Gasteiger partial charge in [0.2, 0.25) is 0 Å². The van der Waals surface area contributed by atoms with Gasteiger partial charge < -0.3 is 4.57 Å². The van der Waals surface area contributed by atoms with Gasteiger partial charge in [0.1, 0.15) is 5.82 Å². The van der Waals surface area contributed by atoms with E-state index in [4.69, 9.17) is 0 Å². The Morgan fingerprint density at radius 1 is 1.06 bits per heavy atom. The third-order valence-corrected chi connectivity index (χ3v) is 2.91. The van der Waals surface area contributed by atoms with Crippen LogP contribution in [-0.2, 0) is 0 Å². The Morgan fingerprint density at radius 3 is 2.19 bits per heavy atom. The van der Waals surface area contributed by atoms with E-state index in [9.17, 15) is 4.39 Å². The van der Waals surface area contributed by atoms with Gasteiger partial charge in [-0.05, 0) is 48.7 Å². The van der Waals surface area contributed by atoms with Crippen molar-refractivity contribution in [3.05, 3.63) is 53.6 Å². The molecule has 1 heterocycles. The predicted octanol–water partition coefficient (Wildman–Crippen LogP) is 4.05. The molecule has 2 rings (SSSR count). The van der Waals surface area contributed by atoms with E-state index in [1.165, 1.54) is 23.4 Å². The molecular weight excluding hydrogens is 201 g/mol. The summed E-state index contributed by atoms with van der Waals surface area (Å²) in [5.74, 6) is 0.319. The molecule has 0 radical (unpaired) electrons. The molecule has 0 saturated heterocycles. The molecule has 1 aromatic carbocycles. The first-order valence-electron chi connectivity index (χ1n) is 5.53. The van der Waals surface area contributed by atoms with Gasteiger partial charge >= 0.3 is 0 Å². The molecule has 0 N–H and O–H groups in total. The molecule has 0 saturated carbocycles. The van der Waals surface area contributed by atoms with Crippen LogP contribution in [0.25, 0.3) is 5.69 Å². The summed E-state index contributed by atoms with van der Waals surface area (Å²) in [6.07, 6.45) is 2.04. The topological polar surface area (TPSA) is 4.93 Å². The summed E-state index contributed by atoms with van der Waals surface area (Å²) in [5, 5.41) is 0. The first-order chi connectivity index (χ1) is 7.59. The second-order valence-corrected chi connectivity index (χ2v) is 4.36. The predicted molar refractivity (Wildman–Crippen MR) is 64.6 cm³/mol. The largest absolute Gasteiger partial charge is 0.321 e. The molecule has 84 valence electrons. The maximum Gasteiger partial charge on any atom is 0.123 e. The molecule has 2 heteroatoms. The first-order valence-corrected chi connectivity index (χ1v) is 5.53. The van der Waals surface area contributed by atoms with E-state index < -0.39 is 0 Å². The Bertz CT molecular complexity index is 480. The van der Waals surface area contributed by atoms with E-state index in [2.05, 4.69) is 31.4 Å². The molecule has 0 aliphatic rings. The van der Waals surface area contributed by atoms with Gasteiger partial charge in [0.05, 0.1) is 0 Å². The lowest BCUT2D eigenvalue weighted by Gasteiger charge is -2.09. The molecule has 0 aliphatic heterocycles. The summed E-state index contributed by atoms with van der Waals surface area (Å²) < 4.78 is 14.9. The number of benzene rings is 1. The zero-order valence-corrected chi connectivity index (χ0v) is 9.87. The van der Waals surface area contributed by atoms with Gasteiger partial charge in [0.15, 0.2) is 0 Å². The third-order valence-electron chi connectivity index (χ3n) is 2.91. The van der Waals surface area contributed by atoms with Crippen molar-refractivity contribution < 1.29 is 4.39 Å². The van der Waals surface area contributed by atoms with Gasteiger partial charge in [0, 0.05) is 17.6 Å². The normalized spacial score (nSPS) is 11.1. The van der Waals surface area contributed by atoms with Crippen LogP contribution in [0.5, 0.6) is 0 Å². The van der Waals surface area contributed by atoms with E-state index in [0.717, 1.165) is 5.69 Å². The number of rotatable bonds is 2. The van der Waals surface area contributed by atoms with E-state index in [-0.39, 0.29) is 5.82 Å². The van der Waals surface area contributed by atoms with Crippen molar-refractivity contribution in [3.63, 3.8) is 0 Å². The summed E-state index contributed by atoms with van der Waals surface area (Å²) in [5.41, 5.74) is 3.57. The van der Waals surface area contributed by atoms with Crippen molar-refractivity contribution in [3.8, 4) is 5.69 Å². The maximum atomic E-state index is 12.8. The van der Waals surface area contributed by atoms with Crippen LogP contribution in [0.3, 0.4) is 0 Å². The highest BCUT2D eigenvalue weighted by atomic mass is 19.1. The number of hydrogen-bond donors (Lipinski definition) is 0. The number of nitrogens with zero attached hydrogens (tertiary/aromatic N) is 1. The van der Waals surface area contributed by atoms with Crippen LogP contribution in [0.4, 0.5) is 4.39 Å². The summed E-state index contributed by atoms with van der Waals surface area (Å²) >= 11 is 0. The fraction of sp³-hybridized carbons (Fsp3) is 0.286. The van der Waals surface area contributed by atoms with Crippen LogP contribution in [0, 0.1) is 12.7 Å². The maximum absolute atomic E-state index is 12.8. The van der Waals surface area contributed by atoms with Crippen molar-refractivity contribution in [2.45, 2.75) is 26.7 Å². The van der Waals surface area contributed by atoms with Crippen molar-refractivity contribution in [2.75, 3.05) is 0 Å². The molecule has 0 amide bonds. The molecule has 0 bridgehead atoms. The van der Waals surface area contributed by atoms with Gasteiger partial charge in [-0.15, -0.1) is 0 Å². The van der Waals surface area contributed by atoms with E-state index in [1.807, 2.05) is 6.20 Å². The number of hydrogen-bond acceptors (Lipinski definition) is 0. The van der Waals surface area contributed by atoms with Crippen molar-refractivity contribution in [1.82, 2.24) is 4.57 Å². The molecule has 1 aromatic heterocycles. The highest BCUT2D eigenvalue weighted by molar-refractivity contribution is 5.38. The molecule has 0 atom stereocenters. The minimum Gasteiger partial charge on any atom is -0.321 e. The summed E-state index contributed by atoms with van der Waals surface area (Å²) in [6.45, 7) is 6.45. The summed E-state index contributed by atoms with van der Waals surface area (Å²) in [6, 6.07) is 8.70. The average molecular weight is 217 g/mol. The minimum absolute atomic E-state index is 0.197. The molecule has 1 nitrogen and oxygen atoms in total. The van der Waals surface area contributed by atoms with Crippen LogP contribution < -0.4 is 0 Å². The third kappa shape index (κ3) is 1.87. The first kappa shape index (κ1) is 10.9. The Labute approximate surface area is 95.5 Å². The van der Waals surface area contributed by atoms with Crippen LogP contribution in [0.15, 0.2) is 36.5 Å². The van der Waals surface area contributed by atoms with Crippen molar-refractivity contribution >= 4 is 0 Å². The molecule has 0 spiro atoms. The molecule has 0 fully saturated rings. The smallest absolute Gasteiger partial charge is 0.123 e. The second kappa shape index (κ2) is 4.12. The van der Waals surface area contributed by atoms with Gasteiger partial charge in [-0.25, -0.2) is 4.39 Å². The SMILES string of the molecule is Cc1c(C(C)C)ccn1-c1ccc(F)cc1. The van der Waals surface area contributed by atoms with Crippen LogP contribution >= 0.6 is 0 Å². The van der Waals surface area contributed by atoms with Crippen LogP contribution in [0.1, 0.15) is 31.0 Å². The van der Waals surface area contributed by atoms with E-state index in [1.54, 1.807) is 12.1 Å². The highest BCUT2D eigenvalue weighted by Crippen LogP contribution is 2.23. The lowest BCUT2D eigenvalue weighted by molar-refractivity contribution is 0.627. The molecule has 0 aliphatic carbocycles. The monoisotopic (exact) mass is 217 g/mol. The number of aromatic nitrogens is 1. The molecule has 16 heavy (non-hydrogen) atoms. The Hall–Kier alpha value is -1.57. The van der Waals surface area contributed by atoms with Crippen molar-refractivity contribution in [2.24, 2.45) is 0 Å². The van der Waals surface area contributed by atoms with E-state index >= 15 is 0 Å². The van der Waals surface area contributed by atoms with Gasteiger partial charge in [-0.2, -0.15) is 0 Å². The van der Waals surface area contributed by atoms with Gasteiger partial charge in [-0.3, -0.25) is 0 Å². The van der Waals surface area contributed by atoms with Crippen LogP contribution in [0.2, 0.25) is 0 Å². The highest BCUT2D eigenvalue weighted by Gasteiger charge is 2.08. The minimum atomic E-state index is -0.197. The summed E-state index contributed by atoms with van der Waals surface area (Å²) in [7, 11) is 0. The van der Waals surface area contributed by atoms with Gasteiger partial charge in [0.25, 0.3) is 0 Å². The Morgan fingerprint density at radius 2 is 1.69 bits per heavy atom. The standard InChI is InChI=1S/C14H16FN/c1-10(2)14-8-9-16(11(14)3)13-6-4-12(15)5-7-13/h4-10H,1-3H3. The lowest BCUT2D eigenvalue weighted by Crippen LogP contribution is -1.97. The molecule has 2 aromatic rings. The Kier molecular flexibility index (Phi) is 2.82. The fourth-order valence-corrected chi connectivity index (χ4v) is 2.02. The van der Waals surface area contributed by atoms with E-state index in [0.29, 0.717) is 5.92 Å². The summed E-state index contributed by atoms with van der Waals surface area (Å²) in [4.78, 5) is 0. The Balaban J connectivity index is 2.45. The number of halogens is 1. The zero-order chi connectivity index (χ0) is 11.7. The lowest BCUT2D eigenvalue weighted by atomic mass is 10.0. The van der Waals surface area contributed by atoms with Gasteiger partial charge in [-0.1, -0.05) is 13.8 Å². The van der Waals surface area contributed by atoms with Crippen LogP contribution in [-0.4, -0.2) is 4.57 Å². The average Bonchev–Trinajstić information content (AvgIpc) is 2.61. The zero-order valence-electron chi connectivity index (χ0n) is 9.87. The fourth-order valence-electron chi connectivity index (χ4n) is 2.02. The second-order valence-electron chi connectivity index (χ2n) is 4.36. The molecular formula is C14H16FN. The molecule has 0 unspecified atom stereocenters. The quantitative estimate of drug-likeness (QED) is 0.715.